The van der Waals surface area contributed by atoms with Crippen molar-refractivity contribution in [2.24, 2.45) is 5.92 Å². The molecule has 0 heterocycles. The molecule has 148 valence electrons. The van der Waals surface area contributed by atoms with E-state index in [1.165, 1.54) is 24.6 Å². The number of halogens is 1. The summed E-state index contributed by atoms with van der Waals surface area (Å²) in [6.07, 6.45) is 4.33. The van der Waals surface area contributed by atoms with Gasteiger partial charge in [-0.1, -0.05) is 31.9 Å². The number of esters is 1. The minimum atomic E-state index is -0.564. The van der Waals surface area contributed by atoms with Crippen LogP contribution in [-0.2, 0) is 19.1 Å². The fourth-order valence-corrected chi connectivity index (χ4v) is 3.55. The molecule has 0 bridgehead atoms. The third-order valence-corrected chi connectivity index (χ3v) is 5.33. The second-order valence-electron chi connectivity index (χ2n) is 6.62. The molecule has 6 nitrogen and oxygen atoms in total. The number of ether oxygens (including phenoxy) is 1. The van der Waals surface area contributed by atoms with E-state index >= 15 is 0 Å². The average molecular weight is 396 g/mol. The zero-order valence-corrected chi connectivity index (χ0v) is 16.1. The number of carbonyl (C=O) groups is 3. The van der Waals surface area contributed by atoms with Crippen LogP contribution in [0.4, 0.5) is 10.1 Å². The van der Waals surface area contributed by atoms with Crippen molar-refractivity contribution in [1.82, 2.24) is 5.32 Å². The van der Waals surface area contributed by atoms with Gasteiger partial charge in [0.25, 0.3) is 5.91 Å². The number of amides is 2. The number of thioether (sulfide) groups is 1. The molecule has 1 aliphatic carbocycles. The predicted molar refractivity (Wildman–Crippen MR) is 103 cm³/mol. The summed E-state index contributed by atoms with van der Waals surface area (Å²) < 4.78 is 18.4. The monoisotopic (exact) mass is 396 g/mol. The minimum Gasteiger partial charge on any atom is -0.455 e. The van der Waals surface area contributed by atoms with Crippen LogP contribution in [0, 0.1) is 11.7 Å². The van der Waals surface area contributed by atoms with Gasteiger partial charge >= 0.3 is 5.97 Å². The molecule has 0 spiro atoms. The summed E-state index contributed by atoms with van der Waals surface area (Å²) in [6.45, 7) is 1.79. The summed E-state index contributed by atoms with van der Waals surface area (Å²) in [5, 5.41) is 5.34. The first kappa shape index (κ1) is 21.2. The van der Waals surface area contributed by atoms with Crippen molar-refractivity contribution in [3.05, 3.63) is 30.1 Å². The number of carbonyl (C=O) groups excluding carboxylic acids is 3. The summed E-state index contributed by atoms with van der Waals surface area (Å²) in [5.41, 5.74) is 0.0966. The highest BCUT2D eigenvalue weighted by Crippen LogP contribution is 2.23. The zero-order chi connectivity index (χ0) is 19.6. The van der Waals surface area contributed by atoms with Crippen molar-refractivity contribution in [3.8, 4) is 0 Å². The third-order valence-electron chi connectivity index (χ3n) is 4.42. The number of para-hydroxylation sites is 1. The maximum atomic E-state index is 13.4. The lowest BCUT2D eigenvalue weighted by Gasteiger charge is -2.29. The molecule has 1 saturated carbocycles. The maximum Gasteiger partial charge on any atom is 0.316 e. The number of hydrogen-bond acceptors (Lipinski definition) is 5. The molecule has 1 fully saturated rings. The molecule has 0 aromatic heterocycles. The Kier molecular flexibility index (Phi) is 8.57. The van der Waals surface area contributed by atoms with Gasteiger partial charge in [0.1, 0.15) is 5.82 Å². The Balaban J connectivity index is 1.59. The van der Waals surface area contributed by atoms with Gasteiger partial charge < -0.3 is 15.4 Å². The number of hydrogen-bond donors (Lipinski definition) is 2. The molecule has 0 unspecified atom stereocenters. The van der Waals surface area contributed by atoms with Crippen LogP contribution in [0.25, 0.3) is 0 Å². The smallest absolute Gasteiger partial charge is 0.316 e. The van der Waals surface area contributed by atoms with Crippen molar-refractivity contribution >= 4 is 35.2 Å². The van der Waals surface area contributed by atoms with Crippen molar-refractivity contribution in [3.63, 3.8) is 0 Å². The van der Waals surface area contributed by atoms with Crippen LogP contribution in [0.5, 0.6) is 0 Å². The van der Waals surface area contributed by atoms with Crippen LogP contribution in [0.15, 0.2) is 24.3 Å². The SMILES string of the molecule is C[C@H]1CCCC[C@@H]1NC(=O)COC(=O)CSCC(=O)Nc1ccccc1F. The van der Waals surface area contributed by atoms with Crippen molar-refractivity contribution < 1.29 is 23.5 Å². The lowest BCUT2D eigenvalue weighted by molar-refractivity contribution is -0.146. The second kappa shape index (κ2) is 10.9. The molecule has 2 rings (SSSR count). The fraction of sp³-hybridized carbons (Fsp3) is 0.526. The van der Waals surface area contributed by atoms with Gasteiger partial charge in [-0.25, -0.2) is 4.39 Å². The van der Waals surface area contributed by atoms with E-state index in [0.29, 0.717) is 5.92 Å². The molecule has 2 atom stereocenters. The van der Waals surface area contributed by atoms with Crippen LogP contribution in [0.1, 0.15) is 32.6 Å². The Hall–Kier alpha value is -2.09. The van der Waals surface area contributed by atoms with Gasteiger partial charge in [-0.15, -0.1) is 11.8 Å². The van der Waals surface area contributed by atoms with E-state index in [1.54, 1.807) is 6.07 Å². The van der Waals surface area contributed by atoms with Crippen molar-refractivity contribution in [1.29, 1.82) is 0 Å². The van der Waals surface area contributed by atoms with Crippen LogP contribution >= 0.6 is 11.8 Å². The van der Waals surface area contributed by atoms with Crippen LogP contribution in [-0.4, -0.2) is 41.9 Å². The van der Waals surface area contributed by atoms with Gasteiger partial charge in [-0.05, 0) is 30.9 Å². The van der Waals surface area contributed by atoms with E-state index in [9.17, 15) is 18.8 Å². The number of anilines is 1. The van der Waals surface area contributed by atoms with E-state index < -0.39 is 17.7 Å². The van der Waals surface area contributed by atoms with Gasteiger partial charge in [0.2, 0.25) is 5.91 Å². The molecule has 1 aromatic rings. The van der Waals surface area contributed by atoms with Crippen LogP contribution in [0.2, 0.25) is 0 Å². The molecule has 0 radical (unpaired) electrons. The highest BCUT2D eigenvalue weighted by molar-refractivity contribution is 8.00. The standard InChI is InChI=1S/C19H25FN2O4S/c1-13-6-2-4-8-15(13)21-17(23)10-26-19(25)12-27-11-18(24)22-16-9-5-3-7-14(16)20/h3,5,7,9,13,15H,2,4,6,8,10-12H2,1H3,(H,21,23)(H,22,24)/t13-,15-/m0/s1. The molecule has 27 heavy (non-hydrogen) atoms. The Labute approximate surface area is 162 Å². The second-order valence-corrected chi connectivity index (χ2v) is 7.60. The minimum absolute atomic E-state index is 0.0186. The molecule has 1 aromatic carbocycles. The molecule has 2 N–H and O–H groups in total. The summed E-state index contributed by atoms with van der Waals surface area (Å²) in [5.74, 6) is -1.44. The molecular formula is C19H25FN2O4S. The first-order valence-electron chi connectivity index (χ1n) is 9.03. The van der Waals surface area contributed by atoms with Gasteiger partial charge in [0, 0.05) is 6.04 Å². The molecule has 2 amide bonds. The molecule has 0 saturated heterocycles. The quantitative estimate of drug-likeness (QED) is 0.660. The van der Waals surface area contributed by atoms with E-state index in [-0.39, 0.29) is 35.7 Å². The summed E-state index contributed by atoms with van der Waals surface area (Å²) in [6, 6.07) is 5.99. The average Bonchev–Trinajstić information content (AvgIpc) is 2.64. The third kappa shape index (κ3) is 7.58. The maximum absolute atomic E-state index is 13.4. The normalized spacial score (nSPS) is 19.2. The largest absolute Gasteiger partial charge is 0.455 e. The van der Waals surface area contributed by atoms with E-state index in [2.05, 4.69) is 17.6 Å². The fourth-order valence-electron chi connectivity index (χ4n) is 2.94. The number of benzene rings is 1. The van der Waals surface area contributed by atoms with E-state index in [1.807, 2.05) is 0 Å². The summed E-state index contributed by atoms with van der Waals surface area (Å²) in [7, 11) is 0. The van der Waals surface area contributed by atoms with Crippen LogP contribution < -0.4 is 10.6 Å². The van der Waals surface area contributed by atoms with Gasteiger partial charge in [0.05, 0.1) is 17.2 Å². The van der Waals surface area contributed by atoms with E-state index in [0.717, 1.165) is 31.0 Å². The topological polar surface area (TPSA) is 84.5 Å². The molecular weight excluding hydrogens is 371 g/mol. The highest BCUT2D eigenvalue weighted by Gasteiger charge is 2.23. The molecule has 8 heteroatoms. The van der Waals surface area contributed by atoms with Crippen molar-refractivity contribution in [2.75, 3.05) is 23.4 Å². The first-order valence-corrected chi connectivity index (χ1v) is 10.2. The zero-order valence-electron chi connectivity index (χ0n) is 15.3. The summed E-state index contributed by atoms with van der Waals surface area (Å²) in [4.78, 5) is 35.3. The highest BCUT2D eigenvalue weighted by atomic mass is 32.2. The predicted octanol–water partition coefficient (Wildman–Crippen LogP) is 2.74. The number of rotatable bonds is 8. The Morgan fingerprint density at radius 1 is 1.15 bits per heavy atom. The first-order chi connectivity index (χ1) is 13.0. The summed E-state index contributed by atoms with van der Waals surface area (Å²) >= 11 is 1.04. The Morgan fingerprint density at radius 3 is 2.63 bits per heavy atom. The Morgan fingerprint density at radius 2 is 1.89 bits per heavy atom. The molecule has 1 aliphatic rings. The van der Waals surface area contributed by atoms with E-state index in [4.69, 9.17) is 4.74 Å². The lowest BCUT2D eigenvalue weighted by Crippen LogP contribution is -2.43. The van der Waals surface area contributed by atoms with Gasteiger partial charge in [0.15, 0.2) is 6.61 Å². The lowest BCUT2D eigenvalue weighted by atomic mass is 9.86. The Bertz CT molecular complexity index is 671. The van der Waals surface area contributed by atoms with Crippen LogP contribution in [0.3, 0.4) is 0 Å². The number of nitrogens with one attached hydrogen (secondary N) is 2. The van der Waals surface area contributed by atoms with Gasteiger partial charge in [-0.3, -0.25) is 14.4 Å². The molecule has 0 aliphatic heterocycles. The van der Waals surface area contributed by atoms with Gasteiger partial charge in [-0.2, -0.15) is 0 Å². The van der Waals surface area contributed by atoms with Crippen molar-refractivity contribution in [2.45, 2.75) is 38.6 Å².